The molecule has 0 radical (unpaired) electrons. The van der Waals surface area contributed by atoms with E-state index in [4.69, 9.17) is 11.5 Å². The first kappa shape index (κ1) is 41.0. The molecule has 0 saturated carbocycles. The minimum Gasteiger partial charge on any atom is -0.480 e. The van der Waals surface area contributed by atoms with E-state index in [1.807, 2.05) is 0 Å². The van der Waals surface area contributed by atoms with Crippen molar-refractivity contribution in [1.29, 1.82) is 0 Å². The number of hydrogen-bond acceptors (Lipinski definition) is 11. The summed E-state index contributed by atoms with van der Waals surface area (Å²) in [5.74, 6) is -7.70. The third-order valence-corrected chi connectivity index (χ3v) is 7.80. The van der Waals surface area contributed by atoms with Gasteiger partial charge in [-0.2, -0.15) is 0 Å². The molecule has 276 valence electrons. The summed E-state index contributed by atoms with van der Waals surface area (Å²) in [5.41, 5.74) is 11.5. The predicted molar refractivity (Wildman–Crippen MR) is 174 cm³/mol. The van der Waals surface area contributed by atoms with Gasteiger partial charge in [-0.3, -0.25) is 33.6 Å². The lowest BCUT2D eigenvalue weighted by molar-refractivity contribution is -0.144. The summed E-state index contributed by atoms with van der Waals surface area (Å²) in [6.07, 6.45) is -1.68. The van der Waals surface area contributed by atoms with Crippen LogP contribution in [0.1, 0.15) is 45.6 Å². The summed E-state index contributed by atoms with van der Waals surface area (Å²) in [4.78, 5) is 102. The van der Waals surface area contributed by atoms with Crippen molar-refractivity contribution in [2.45, 2.75) is 94.9 Å². The van der Waals surface area contributed by atoms with E-state index in [1.165, 1.54) is 20.8 Å². The number of nitrogens with one attached hydrogen (secondary N) is 5. The van der Waals surface area contributed by atoms with Crippen LogP contribution in [0.3, 0.4) is 0 Å². The van der Waals surface area contributed by atoms with Crippen molar-refractivity contribution < 1.29 is 53.7 Å². The number of aliphatic hydroxyl groups excluding tert-OH is 2. The van der Waals surface area contributed by atoms with E-state index < -0.39 is 109 Å². The Bertz CT molecular complexity index is 1410. The SMILES string of the molecule is C[C@H](N)C(=O)N[C@H](C(=O)N[C@@H](CO)C(=O)N[C@@H](CC(N)=O)C(=O)N1CCC[C@H]1C(=O)N[C@@H](C)C(=O)N[C@@H](Cc1ccccc1)C(=O)O)[C@@H](C)O. The Morgan fingerprint density at radius 1 is 0.840 bits per heavy atom. The molecule has 0 bridgehead atoms. The van der Waals surface area contributed by atoms with Gasteiger partial charge in [0, 0.05) is 13.0 Å². The molecule has 1 heterocycles. The maximum atomic E-state index is 13.6. The number of carboxylic acids is 1. The summed E-state index contributed by atoms with van der Waals surface area (Å²) in [6.45, 7) is 2.89. The number of hydrogen-bond donors (Lipinski definition) is 10. The van der Waals surface area contributed by atoms with Crippen LogP contribution in [0, 0.1) is 0 Å². The van der Waals surface area contributed by atoms with Crippen LogP contribution in [0.5, 0.6) is 0 Å². The van der Waals surface area contributed by atoms with Crippen LogP contribution < -0.4 is 38.1 Å². The fourth-order valence-corrected chi connectivity index (χ4v) is 5.04. The number of likely N-dealkylation sites (tertiary alicyclic amines) is 1. The maximum Gasteiger partial charge on any atom is 0.326 e. The van der Waals surface area contributed by atoms with Gasteiger partial charge in [-0.05, 0) is 39.2 Å². The van der Waals surface area contributed by atoms with Crippen molar-refractivity contribution in [1.82, 2.24) is 31.5 Å². The number of carbonyl (C=O) groups excluding carboxylic acids is 7. The smallest absolute Gasteiger partial charge is 0.326 e. The number of rotatable bonds is 18. The number of primary amides is 1. The molecule has 0 spiro atoms. The molecule has 0 aliphatic carbocycles. The van der Waals surface area contributed by atoms with Crippen molar-refractivity contribution in [2.24, 2.45) is 11.5 Å². The molecular formula is C31H46N8O11. The molecule has 1 aliphatic rings. The fourth-order valence-electron chi connectivity index (χ4n) is 5.04. The van der Waals surface area contributed by atoms with Crippen LogP contribution in [0.25, 0.3) is 0 Å². The highest BCUT2D eigenvalue weighted by atomic mass is 16.4. The Morgan fingerprint density at radius 3 is 1.98 bits per heavy atom. The number of aliphatic hydroxyl groups is 2. The average Bonchev–Trinajstić information content (AvgIpc) is 3.55. The zero-order chi connectivity index (χ0) is 37.7. The second-order valence-electron chi connectivity index (χ2n) is 12.0. The van der Waals surface area contributed by atoms with Gasteiger partial charge in [0.15, 0.2) is 0 Å². The van der Waals surface area contributed by atoms with Crippen molar-refractivity contribution in [3.63, 3.8) is 0 Å². The van der Waals surface area contributed by atoms with Gasteiger partial charge < -0.3 is 58.3 Å². The lowest BCUT2D eigenvalue weighted by Crippen LogP contribution is -2.61. The number of nitrogens with two attached hydrogens (primary N) is 2. The Labute approximate surface area is 287 Å². The van der Waals surface area contributed by atoms with E-state index in [9.17, 15) is 53.7 Å². The van der Waals surface area contributed by atoms with E-state index in [0.29, 0.717) is 12.0 Å². The van der Waals surface area contributed by atoms with Crippen LogP contribution in [0.4, 0.5) is 0 Å². The van der Waals surface area contributed by atoms with Gasteiger partial charge in [0.2, 0.25) is 41.4 Å². The van der Waals surface area contributed by atoms with Gasteiger partial charge in [-0.25, -0.2) is 4.79 Å². The van der Waals surface area contributed by atoms with Crippen LogP contribution in [-0.2, 0) is 44.8 Å². The molecule has 50 heavy (non-hydrogen) atoms. The number of aliphatic carboxylic acids is 1. The molecular weight excluding hydrogens is 660 g/mol. The van der Waals surface area contributed by atoms with Gasteiger partial charge in [0.1, 0.15) is 36.3 Å². The zero-order valence-electron chi connectivity index (χ0n) is 28.0. The van der Waals surface area contributed by atoms with Crippen molar-refractivity contribution >= 4 is 47.3 Å². The van der Waals surface area contributed by atoms with Crippen molar-refractivity contribution in [2.75, 3.05) is 13.2 Å². The molecule has 0 unspecified atom stereocenters. The molecule has 1 aromatic rings. The molecule has 0 aromatic heterocycles. The number of nitrogens with zero attached hydrogens (tertiary/aromatic N) is 1. The highest BCUT2D eigenvalue weighted by molar-refractivity contribution is 5.98. The summed E-state index contributed by atoms with van der Waals surface area (Å²) < 4.78 is 0. The Hall–Kier alpha value is -5.14. The topological polar surface area (TPSA) is 313 Å². The van der Waals surface area contributed by atoms with E-state index in [1.54, 1.807) is 30.3 Å². The first-order valence-corrected chi connectivity index (χ1v) is 15.9. The molecule has 19 heteroatoms. The first-order valence-electron chi connectivity index (χ1n) is 15.9. The average molecular weight is 707 g/mol. The molecule has 12 N–H and O–H groups in total. The second-order valence-corrected chi connectivity index (χ2v) is 12.0. The molecule has 1 aromatic carbocycles. The number of carboxylic acid groups (broad SMARTS) is 1. The van der Waals surface area contributed by atoms with E-state index in [-0.39, 0.29) is 19.4 Å². The summed E-state index contributed by atoms with van der Waals surface area (Å²) in [6, 6.07) is -0.995. The predicted octanol–water partition coefficient (Wildman–Crippen LogP) is -4.66. The van der Waals surface area contributed by atoms with Crippen molar-refractivity contribution in [3.05, 3.63) is 35.9 Å². The number of benzene rings is 1. The van der Waals surface area contributed by atoms with Crippen LogP contribution >= 0.6 is 0 Å². The van der Waals surface area contributed by atoms with Gasteiger partial charge in [0.25, 0.3) is 0 Å². The monoisotopic (exact) mass is 706 g/mol. The third kappa shape index (κ3) is 12.1. The Morgan fingerprint density at radius 2 is 1.44 bits per heavy atom. The minimum absolute atomic E-state index is 0.00740. The third-order valence-electron chi connectivity index (χ3n) is 7.80. The van der Waals surface area contributed by atoms with E-state index in [2.05, 4.69) is 26.6 Å². The van der Waals surface area contributed by atoms with Gasteiger partial charge in [0.05, 0.1) is 25.2 Å². The van der Waals surface area contributed by atoms with Gasteiger partial charge >= 0.3 is 5.97 Å². The highest BCUT2D eigenvalue weighted by Gasteiger charge is 2.40. The lowest BCUT2D eigenvalue weighted by atomic mass is 10.1. The maximum absolute atomic E-state index is 13.6. The number of carbonyl (C=O) groups is 8. The summed E-state index contributed by atoms with van der Waals surface area (Å²) >= 11 is 0. The zero-order valence-corrected chi connectivity index (χ0v) is 28.0. The number of amides is 7. The molecule has 1 saturated heterocycles. The molecule has 1 fully saturated rings. The molecule has 2 rings (SSSR count). The molecule has 7 amide bonds. The quantitative estimate of drug-likeness (QED) is 0.0689. The molecule has 19 nitrogen and oxygen atoms in total. The standard InChI is InChI=1S/C31H46N8O11/c1-15(32)25(43)38-24(17(3)41)29(47)37-21(14-40)27(45)35-19(13-23(33)42)30(48)39-11-7-10-22(39)28(46)34-16(2)26(44)36-20(31(49)50)12-18-8-5-4-6-9-18/h4-6,8-9,15-17,19-22,24,40-41H,7,10-14,32H2,1-3H3,(H2,33,42)(H,34,46)(H,35,45)(H,36,44)(H,37,47)(H,38,43)(H,49,50)/t15-,16-,17+,19-,20-,21-,22-,24-/m0/s1. The second kappa shape index (κ2) is 19.2. The summed E-state index contributed by atoms with van der Waals surface area (Å²) in [5, 5.41) is 40.9. The van der Waals surface area contributed by atoms with Crippen LogP contribution in [0.2, 0.25) is 0 Å². The Balaban J connectivity index is 2.12. The van der Waals surface area contributed by atoms with Crippen LogP contribution in [0.15, 0.2) is 30.3 Å². The van der Waals surface area contributed by atoms with E-state index >= 15 is 0 Å². The largest absolute Gasteiger partial charge is 0.480 e. The first-order chi connectivity index (χ1) is 23.5. The lowest BCUT2D eigenvalue weighted by Gasteiger charge is -2.30. The van der Waals surface area contributed by atoms with Crippen LogP contribution in [-0.4, -0.2) is 129 Å². The highest BCUT2D eigenvalue weighted by Crippen LogP contribution is 2.20. The van der Waals surface area contributed by atoms with Gasteiger partial charge in [-0.1, -0.05) is 30.3 Å². The normalized spacial score (nSPS) is 18.2. The summed E-state index contributed by atoms with van der Waals surface area (Å²) in [7, 11) is 0. The van der Waals surface area contributed by atoms with Gasteiger partial charge in [-0.15, -0.1) is 0 Å². The van der Waals surface area contributed by atoms with Crippen molar-refractivity contribution in [3.8, 4) is 0 Å². The fraction of sp³-hybridized carbons (Fsp3) is 0.548. The minimum atomic E-state index is -1.72. The Kier molecular flexibility index (Phi) is 15.7. The molecule has 1 aliphatic heterocycles. The van der Waals surface area contributed by atoms with E-state index in [0.717, 1.165) is 4.90 Å². The molecule has 8 atom stereocenters.